The lowest BCUT2D eigenvalue weighted by Crippen LogP contribution is -2.30. The van der Waals surface area contributed by atoms with Gasteiger partial charge in [0.2, 0.25) is 10.0 Å². The second kappa shape index (κ2) is 10.8. The zero-order chi connectivity index (χ0) is 23.0. The molecule has 0 fully saturated rings. The number of rotatable bonds is 10. The predicted octanol–water partition coefficient (Wildman–Crippen LogP) is 4.08. The van der Waals surface area contributed by atoms with Crippen LogP contribution in [0.1, 0.15) is 24.2 Å². The molecule has 0 aliphatic rings. The molecule has 0 spiro atoms. The Labute approximate surface area is 188 Å². The molecule has 0 radical (unpaired) electrons. The molecule has 0 saturated carbocycles. The SMILES string of the molecule is CC(C)NS(=O)(=O)c1ccc(NC(=O)c2ccccc2OCCOc2ccccc2)cc1. The first kappa shape index (κ1) is 23.3. The maximum Gasteiger partial charge on any atom is 0.259 e. The zero-order valence-electron chi connectivity index (χ0n) is 17.9. The maximum absolute atomic E-state index is 12.8. The fraction of sp³-hybridized carbons (Fsp3) is 0.208. The minimum Gasteiger partial charge on any atom is -0.490 e. The van der Waals surface area contributed by atoms with Crippen molar-refractivity contribution in [1.29, 1.82) is 0 Å². The van der Waals surface area contributed by atoms with Crippen molar-refractivity contribution < 1.29 is 22.7 Å². The summed E-state index contributed by atoms with van der Waals surface area (Å²) >= 11 is 0. The minimum atomic E-state index is -3.59. The largest absolute Gasteiger partial charge is 0.490 e. The van der Waals surface area contributed by atoms with E-state index in [4.69, 9.17) is 9.47 Å². The third kappa shape index (κ3) is 6.57. The Morgan fingerprint density at radius 2 is 1.47 bits per heavy atom. The molecule has 3 aromatic carbocycles. The summed E-state index contributed by atoms with van der Waals surface area (Å²) in [6.07, 6.45) is 0. The van der Waals surface area contributed by atoms with Gasteiger partial charge in [-0.3, -0.25) is 4.79 Å². The molecule has 0 bridgehead atoms. The number of sulfonamides is 1. The Balaban J connectivity index is 1.60. The van der Waals surface area contributed by atoms with Crippen LogP contribution in [-0.2, 0) is 10.0 Å². The van der Waals surface area contributed by atoms with Crippen LogP contribution in [-0.4, -0.2) is 33.6 Å². The van der Waals surface area contributed by atoms with Crippen LogP contribution in [0, 0.1) is 0 Å². The average Bonchev–Trinajstić information content (AvgIpc) is 2.77. The van der Waals surface area contributed by atoms with Crippen LogP contribution in [0.3, 0.4) is 0 Å². The smallest absolute Gasteiger partial charge is 0.259 e. The highest BCUT2D eigenvalue weighted by atomic mass is 32.2. The van der Waals surface area contributed by atoms with E-state index in [0.717, 1.165) is 5.75 Å². The number of amides is 1. The van der Waals surface area contributed by atoms with E-state index < -0.39 is 10.0 Å². The summed E-state index contributed by atoms with van der Waals surface area (Å²) in [5, 5.41) is 2.77. The molecule has 168 valence electrons. The number of nitrogens with one attached hydrogen (secondary N) is 2. The van der Waals surface area contributed by atoms with E-state index >= 15 is 0 Å². The van der Waals surface area contributed by atoms with Crippen molar-refractivity contribution in [3.05, 3.63) is 84.4 Å². The molecule has 3 rings (SSSR count). The van der Waals surface area contributed by atoms with E-state index in [1.54, 1.807) is 50.2 Å². The number of carbonyl (C=O) groups excluding carboxylic acids is 1. The molecule has 32 heavy (non-hydrogen) atoms. The van der Waals surface area contributed by atoms with Crippen molar-refractivity contribution in [3.63, 3.8) is 0 Å². The van der Waals surface area contributed by atoms with Gasteiger partial charge in [-0.05, 0) is 62.4 Å². The summed E-state index contributed by atoms with van der Waals surface area (Å²) in [4.78, 5) is 12.9. The van der Waals surface area contributed by atoms with Crippen molar-refractivity contribution in [2.24, 2.45) is 0 Å². The van der Waals surface area contributed by atoms with Crippen LogP contribution in [0.25, 0.3) is 0 Å². The quantitative estimate of drug-likeness (QED) is 0.450. The van der Waals surface area contributed by atoms with Gasteiger partial charge in [-0.15, -0.1) is 0 Å². The Hall–Kier alpha value is -3.36. The predicted molar refractivity (Wildman–Crippen MR) is 124 cm³/mol. The first-order valence-electron chi connectivity index (χ1n) is 10.2. The van der Waals surface area contributed by atoms with Crippen molar-refractivity contribution >= 4 is 21.6 Å². The van der Waals surface area contributed by atoms with E-state index in [1.165, 1.54) is 12.1 Å². The summed E-state index contributed by atoms with van der Waals surface area (Å²) in [7, 11) is -3.59. The number of para-hydroxylation sites is 2. The topological polar surface area (TPSA) is 93.7 Å². The molecule has 1 amide bonds. The molecule has 0 heterocycles. The van der Waals surface area contributed by atoms with E-state index in [2.05, 4.69) is 10.0 Å². The van der Waals surface area contributed by atoms with Gasteiger partial charge in [0.05, 0.1) is 10.5 Å². The van der Waals surface area contributed by atoms with Crippen molar-refractivity contribution in [2.75, 3.05) is 18.5 Å². The lowest BCUT2D eigenvalue weighted by molar-refractivity contribution is 0.102. The van der Waals surface area contributed by atoms with Gasteiger partial charge < -0.3 is 14.8 Å². The first-order valence-corrected chi connectivity index (χ1v) is 11.7. The van der Waals surface area contributed by atoms with Crippen molar-refractivity contribution in [3.8, 4) is 11.5 Å². The first-order chi connectivity index (χ1) is 15.3. The fourth-order valence-electron chi connectivity index (χ4n) is 2.90. The molecule has 8 heteroatoms. The van der Waals surface area contributed by atoms with Crippen LogP contribution in [0.2, 0.25) is 0 Å². The van der Waals surface area contributed by atoms with Crippen LogP contribution < -0.4 is 19.5 Å². The van der Waals surface area contributed by atoms with E-state index in [-0.39, 0.29) is 23.5 Å². The second-order valence-electron chi connectivity index (χ2n) is 7.26. The lowest BCUT2D eigenvalue weighted by Gasteiger charge is -2.13. The van der Waals surface area contributed by atoms with Gasteiger partial charge in [-0.2, -0.15) is 0 Å². The highest BCUT2D eigenvalue weighted by Gasteiger charge is 2.16. The number of hydrogen-bond acceptors (Lipinski definition) is 5. The molecule has 2 N–H and O–H groups in total. The van der Waals surface area contributed by atoms with Gasteiger partial charge in [-0.25, -0.2) is 13.1 Å². The summed E-state index contributed by atoms with van der Waals surface area (Å²) in [6, 6.07) is 22.1. The fourth-order valence-corrected chi connectivity index (χ4v) is 4.15. The van der Waals surface area contributed by atoms with Gasteiger partial charge in [-0.1, -0.05) is 30.3 Å². The Kier molecular flexibility index (Phi) is 7.86. The van der Waals surface area contributed by atoms with Crippen LogP contribution in [0.15, 0.2) is 83.8 Å². The monoisotopic (exact) mass is 454 g/mol. The van der Waals surface area contributed by atoms with Crippen LogP contribution >= 0.6 is 0 Å². The average molecular weight is 455 g/mol. The summed E-state index contributed by atoms with van der Waals surface area (Å²) in [6.45, 7) is 4.10. The number of benzene rings is 3. The molecular formula is C24H26N2O5S. The standard InChI is InChI=1S/C24H26N2O5S/c1-18(2)26-32(28,29)21-14-12-19(13-15-21)25-24(27)22-10-6-7-11-23(22)31-17-16-30-20-8-4-3-5-9-20/h3-15,18,26H,16-17H2,1-2H3,(H,25,27). The molecule has 0 unspecified atom stereocenters. The van der Waals surface area contributed by atoms with Gasteiger partial charge in [0.15, 0.2) is 0 Å². The van der Waals surface area contributed by atoms with E-state index in [0.29, 0.717) is 23.6 Å². The summed E-state index contributed by atoms with van der Waals surface area (Å²) in [5.74, 6) is 0.818. The molecule has 0 aliphatic heterocycles. The Morgan fingerprint density at radius 1 is 0.844 bits per heavy atom. The third-order valence-corrected chi connectivity index (χ3v) is 5.97. The van der Waals surface area contributed by atoms with Crippen LogP contribution in [0.5, 0.6) is 11.5 Å². The number of carbonyl (C=O) groups is 1. The normalized spacial score (nSPS) is 11.2. The van der Waals surface area contributed by atoms with Crippen molar-refractivity contribution in [1.82, 2.24) is 4.72 Å². The second-order valence-corrected chi connectivity index (χ2v) is 8.97. The molecule has 0 atom stereocenters. The third-order valence-electron chi connectivity index (χ3n) is 4.30. The number of ether oxygens (including phenoxy) is 2. The Bertz CT molecular complexity index is 1130. The van der Waals surface area contributed by atoms with Gasteiger partial charge in [0, 0.05) is 11.7 Å². The molecule has 0 aromatic heterocycles. The molecule has 0 saturated heterocycles. The highest BCUT2D eigenvalue weighted by molar-refractivity contribution is 7.89. The molecule has 7 nitrogen and oxygen atoms in total. The lowest BCUT2D eigenvalue weighted by atomic mass is 10.2. The van der Waals surface area contributed by atoms with Gasteiger partial charge >= 0.3 is 0 Å². The molecule has 3 aromatic rings. The highest BCUT2D eigenvalue weighted by Crippen LogP contribution is 2.21. The summed E-state index contributed by atoms with van der Waals surface area (Å²) in [5.41, 5.74) is 0.839. The molecular weight excluding hydrogens is 428 g/mol. The molecule has 0 aliphatic carbocycles. The number of anilines is 1. The number of hydrogen-bond donors (Lipinski definition) is 2. The maximum atomic E-state index is 12.8. The van der Waals surface area contributed by atoms with E-state index in [9.17, 15) is 13.2 Å². The van der Waals surface area contributed by atoms with Crippen LogP contribution in [0.4, 0.5) is 5.69 Å². The Morgan fingerprint density at radius 3 is 2.16 bits per heavy atom. The zero-order valence-corrected chi connectivity index (χ0v) is 18.8. The van der Waals surface area contributed by atoms with Crippen molar-refractivity contribution in [2.45, 2.75) is 24.8 Å². The van der Waals surface area contributed by atoms with Gasteiger partial charge in [0.1, 0.15) is 24.7 Å². The van der Waals surface area contributed by atoms with E-state index in [1.807, 2.05) is 30.3 Å². The minimum absolute atomic E-state index is 0.131. The summed E-state index contributed by atoms with van der Waals surface area (Å²) < 4.78 is 38.3. The van der Waals surface area contributed by atoms with Gasteiger partial charge in [0.25, 0.3) is 5.91 Å².